The summed E-state index contributed by atoms with van der Waals surface area (Å²) >= 11 is 1.29. The van der Waals surface area contributed by atoms with Crippen LogP contribution in [-0.2, 0) is 0 Å². The van der Waals surface area contributed by atoms with Gasteiger partial charge in [0, 0.05) is 17.6 Å². The van der Waals surface area contributed by atoms with Crippen LogP contribution in [0, 0.1) is 0 Å². The van der Waals surface area contributed by atoms with Crippen molar-refractivity contribution >= 4 is 28.9 Å². The number of hydrogen-bond donors (Lipinski definition) is 1. The van der Waals surface area contributed by atoms with Crippen LogP contribution in [0.15, 0.2) is 35.5 Å². The molecule has 4 rings (SSSR count). The Bertz CT molecular complexity index is 1210. The monoisotopic (exact) mass is 505 g/mol. The van der Waals surface area contributed by atoms with Gasteiger partial charge in [-0.3, -0.25) is 4.57 Å². The number of thioether (sulfide) groups is 1. The standard InChI is InChI=1S/C24H29F2N5O3S/c1-24(2,3)31(23(32)33)14-9-11-15(12-10-14)34-19-13-18(28-22(29-19)35-4)30-17-8-6-5-7-16(17)27-21(30)20(25)26/h5-8,13-15,20H,9-12H2,1-4H3,(H,32,33)/t14-,15-. The van der Waals surface area contributed by atoms with Gasteiger partial charge < -0.3 is 14.7 Å². The van der Waals surface area contributed by atoms with Crippen LogP contribution in [0.1, 0.15) is 58.7 Å². The van der Waals surface area contributed by atoms with Gasteiger partial charge in [0.2, 0.25) is 5.88 Å². The zero-order valence-corrected chi connectivity index (χ0v) is 20.9. The third-order valence-electron chi connectivity index (χ3n) is 6.09. The molecule has 0 unspecified atom stereocenters. The zero-order chi connectivity index (χ0) is 25.3. The topological polar surface area (TPSA) is 93.4 Å². The van der Waals surface area contributed by atoms with E-state index in [0.717, 1.165) is 0 Å². The molecule has 1 amide bonds. The third-order valence-corrected chi connectivity index (χ3v) is 6.64. The number of carboxylic acid groups (broad SMARTS) is 1. The summed E-state index contributed by atoms with van der Waals surface area (Å²) in [5.74, 6) is 0.174. The molecule has 0 atom stereocenters. The first-order chi connectivity index (χ1) is 16.6. The van der Waals surface area contributed by atoms with E-state index in [4.69, 9.17) is 4.74 Å². The van der Waals surface area contributed by atoms with Gasteiger partial charge >= 0.3 is 6.09 Å². The number of hydrogen-bond acceptors (Lipinski definition) is 6. The minimum Gasteiger partial charge on any atom is -0.474 e. The first-order valence-electron chi connectivity index (χ1n) is 11.5. The largest absolute Gasteiger partial charge is 0.474 e. The van der Waals surface area contributed by atoms with Crippen molar-refractivity contribution in [3.05, 3.63) is 36.2 Å². The second kappa shape index (κ2) is 9.96. The fraction of sp³-hybridized carbons (Fsp3) is 0.500. The van der Waals surface area contributed by atoms with E-state index in [-0.39, 0.29) is 23.8 Å². The van der Waals surface area contributed by atoms with Gasteiger partial charge in [-0.15, -0.1) is 0 Å². The Morgan fingerprint density at radius 3 is 2.46 bits per heavy atom. The van der Waals surface area contributed by atoms with Crippen molar-refractivity contribution in [2.24, 2.45) is 0 Å². The van der Waals surface area contributed by atoms with Crippen molar-refractivity contribution in [2.75, 3.05) is 6.26 Å². The Morgan fingerprint density at radius 1 is 1.17 bits per heavy atom. The normalized spacial score (nSPS) is 18.7. The van der Waals surface area contributed by atoms with E-state index in [0.29, 0.717) is 47.8 Å². The van der Waals surface area contributed by atoms with Crippen LogP contribution in [0.5, 0.6) is 5.88 Å². The van der Waals surface area contributed by atoms with Crippen molar-refractivity contribution in [3.63, 3.8) is 0 Å². The SMILES string of the molecule is CSc1nc(O[C@H]2CC[C@H](N(C(=O)O)C(C)(C)C)CC2)cc(-n2c(C(F)F)nc3ccccc32)n1. The molecule has 2 heterocycles. The quantitative estimate of drug-likeness (QED) is 0.327. The summed E-state index contributed by atoms with van der Waals surface area (Å²) in [6, 6.07) is 8.40. The molecule has 2 aromatic heterocycles. The summed E-state index contributed by atoms with van der Waals surface area (Å²) in [5, 5.41) is 10.1. The molecular formula is C24H29F2N5O3S. The molecule has 3 aromatic rings. The zero-order valence-electron chi connectivity index (χ0n) is 20.1. The second-order valence-electron chi connectivity index (χ2n) is 9.52. The van der Waals surface area contributed by atoms with E-state index in [9.17, 15) is 18.7 Å². The van der Waals surface area contributed by atoms with Crippen LogP contribution in [0.25, 0.3) is 16.9 Å². The number of carbonyl (C=O) groups is 1. The summed E-state index contributed by atoms with van der Waals surface area (Å²) < 4.78 is 35.2. The van der Waals surface area contributed by atoms with Gasteiger partial charge in [-0.1, -0.05) is 23.9 Å². The van der Waals surface area contributed by atoms with E-state index in [2.05, 4.69) is 15.0 Å². The Hall–Kier alpha value is -2.95. The first-order valence-corrected chi connectivity index (χ1v) is 12.7. The third kappa shape index (κ3) is 5.34. The van der Waals surface area contributed by atoms with Gasteiger partial charge in [-0.05, 0) is 64.8 Å². The number of rotatable bonds is 6. The molecule has 188 valence electrons. The summed E-state index contributed by atoms with van der Waals surface area (Å²) in [7, 11) is 0. The average Bonchev–Trinajstić information content (AvgIpc) is 3.19. The van der Waals surface area contributed by atoms with Crippen LogP contribution < -0.4 is 4.74 Å². The fourth-order valence-electron chi connectivity index (χ4n) is 4.67. The number of benzene rings is 1. The summed E-state index contributed by atoms with van der Waals surface area (Å²) in [4.78, 5) is 26.3. The summed E-state index contributed by atoms with van der Waals surface area (Å²) in [6.45, 7) is 5.68. The van der Waals surface area contributed by atoms with Gasteiger partial charge in [0.15, 0.2) is 11.0 Å². The van der Waals surface area contributed by atoms with E-state index < -0.39 is 18.1 Å². The predicted molar refractivity (Wildman–Crippen MR) is 130 cm³/mol. The van der Waals surface area contributed by atoms with Gasteiger partial charge in [0.25, 0.3) is 6.43 Å². The number of nitrogens with zero attached hydrogens (tertiary/aromatic N) is 5. The van der Waals surface area contributed by atoms with Gasteiger partial charge in [-0.25, -0.2) is 23.5 Å². The maximum Gasteiger partial charge on any atom is 0.407 e. The van der Waals surface area contributed by atoms with E-state index in [1.165, 1.54) is 21.2 Å². The molecule has 0 aliphatic heterocycles. The maximum atomic E-state index is 13.8. The number of imidazole rings is 1. The maximum absolute atomic E-state index is 13.8. The number of alkyl halides is 2. The number of ether oxygens (including phenoxy) is 1. The lowest BCUT2D eigenvalue weighted by Crippen LogP contribution is -2.52. The summed E-state index contributed by atoms with van der Waals surface area (Å²) in [6.07, 6.45) is 0.606. The Balaban J connectivity index is 1.59. The number of amides is 1. The summed E-state index contributed by atoms with van der Waals surface area (Å²) in [5.41, 5.74) is 0.486. The number of fused-ring (bicyclic) bond motifs is 1. The number of para-hydroxylation sites is 2. The Labute approximate surface area is 206 Å². The molecule has 0 bridgehead atoms. The minimum atomic E-state index is -2.78. The highest BCUT2D eigenvalue weighted by Gasteiger charge is 2.36. The first kappa shape index (κ1) is 25.2. The second-order valence-corrected chi connectivity index (χ2v) is 10.3. The van der Waals surface area contributed by atoms with E-state index in [1.54, 1.807) is 36.6 Å². The molecule has 35 heavy (non-hydrogen) atoms. The lowest BCUT2D eigenvalue weighted by atomic mass is 9.89. The molecule has 0 radical (unpaired) electrons. The van der Waals surface area contributed by atoms with Crippen LogP contribution in [-0.4, -0.2) is 59.6 Å². The molecule has 1 saturated carbocycles. The predicted octanol–water partition coefficient (Wildman–Crippen LogP) is 5.94. The smallest absolute Gasteiger partial charge is 0.407 e. The molecule has 1 N–H and O–H groups in total. The van der Waals surface area contributed by atoms with Crippen molar-refractivity contribution in [3.8, 4) is 11.7 Å². The van der Waals surface area contributed by atoms with Gasteiger partial charge in [0.05, 0.1) is 11.0 Å². The molecular weight excluding hydrogens is 476 g/mol. The highest BCUT2D eigenvalue weighted by molar-refractivity contribution is 7.98. The molecule has 11 heteroatoms. The lowest BCUT2D eigenvalue weighted by molar-refractivity contribution is 0.0357. The Kier molecular flexibility index (Phi) is 7.16. The lowest BCUT2D eigenvalue weighted by Gasteiger charge is -2.42. The van der Waals surface area contributed by atoms with Crippen LogP contribution in [0.2, 0.25) is 0 Å². The van der Waals surface area contributed by atoms with Crippen LogP contribution in [0.3, 0.4) is 0 Å². The van der Waals surface area contributed by atoms with Crippen LogP contribution >= 0.6 is 11.8 Å². The fourth-order valence-corrected chi connectivity index (χ4v) is 5.04. The average molecular weight is 506 g/mol. The Morgan fingerprint density at radius 2 is 1.86 bits per heavy atom. The van der Waals surface area contributed by atoms with E-state index >= 15 is 0 Å². The van der Waals surface area contributed by atoms with Gasteiger partial charge in [-0.2, -0.15) is 4.98 Å². The minimum absolute atomic E-state index is 0.0824. The number of aromatic nitrogens is 4. The van der Waals surface area contributed by atoms with Gasteiger partial charge in [0.1, 0.15) is 11.9 Å². The molecule has 1 aliphatic rings. The molecule has 1 aliphatic carbocycles. The molecule has 0 spiro atoms. The van der Waals surface area contributed by atoms with Crippen molar-refractivity contribution in [1.29, 1.82) is 0 Å². The molecule has 1 aromatic carbocycles. The molecule has 0 saturated heterocycles. The number of halogens is 2. The van der Waals surface area contributed by atoms with E-state index in [1.807, 2.05) is 20.8 Å². The van der Waals surface area contributed by atoms with Crippen molar-refractivity contribution in [1.82, 2.24) is 24.4 Å². The molecule has 1 fully saturated rings. The van der Waals surface area contributed by atoms with Crippen molar-refractivity contribution < 1.29 is 23.4 Å². The van der Waals surface area contributed by atoms with Crippen molar-refractivity contribution in [2.45, 2.75) is 75.7 Å². The van der Waals surface area contributed by atoms with Crippen LogP contribution in [0.4, 0.5) is 13.6 Å². The highest BCUT2D eigenvalue weighted by atomic mass is 32.2. The highest BCUT2D eigenvalue weighted by Crippen LogP contribution is 2.32. The molecule has 8 nitrogen and oxygen atoms in total.